The number of fused-ring (bicyclic) bond motifs is 1. The van der Waals surface area contributed by atoms with E-state index in [0.29, 0.717) is 6.42 Å². The van der Waals surface area contributed by atoms with Gasteiger partial charge in [-0.3, -0.25) is 0 Å². The molecule has 2 aromatic rings. The monoisotopic (exact) mass is 289 g/mol. The van der Waals surface area contributed by atoms with Gasteiger partial charge < -0.3 is 14.2 Å². The minimum atomic E-state index is -1.83. The van der Waals surface area contributed by atoms with E-state index in [0.717, 1.165) is 28.5 Å². The van der Waals surface area contributed by atoms with Gasteiger partial charge in [-0.05, 0) is 41.9 Å². The van der Waals surface area contributed by atoms with Crippen molar-refractivity contribution in [2.45, 2.75) is 45.3 Å². The molecule has 3 nitrogen and oxygen atoms in total. The zero-order valence-corrected chi connectivity index (χ0v) is 13.9. The number of aldehydes is 1. The van der Waals surface area contributed by atoms with Crippen LogP contribution in [0.15, 0.2) is 24.4 Å². The lowest BCUT2D eigenvalue weighted by Gasteiger charge is -2.36. The molecule has 0 saturated heterocycles. The zero-order valence-electron chi connectivity index (χ0n) is 12.9. The van der Waals surface area contributed by atoms with E-state index in [4.69, 9.17) is 4.43 Å². The number of hydrogen-bond acceptors (Lipinski definition) is 2. The number of H-pyrrole nitrogens is 1. The van der Waals surface area contributed by atoms with Crippen molar-refractivity contribution in [3.8, 4) is 5.75 Å². The first kappa shape index (κ1) is 14.8. The first-order valence-electron chi connectivity index (χ1n) is 6.97. The molecule has 4 heteroatoms. The predicted molar refractivity (Wildman–Crippen MR) is 85.9 cm³/mol. The Balaban J connectivity index is 2.36. The summed E-state index contributed by atoms with van der Waals surface area (Å²) in [6, 6.07) is 6.07. The average molecular weight is 289 g/mol. The van der Waals surface area contributed by atoms with E-state index in [-0.39, 0.29) is 5.04 Å². The van der Waals surface area contributed by atoms with Crippen LogP contribution in [0.4, 0.5) is 0 Å². The molecule has 1 aromatic carbocycles. The van der Waals surface area contributed by atoms with Crippen LogP contribution in [0.3, 0.4) is 0 Å². The van der Waals surface area contributed by atoms with Gasteiger partial charge in [-0.15, -0.1) is 0 Å². The normalized spacial score (nSPS) is 12.7. The molecular weight excluding hydrogens is 266 g/mol. The Kier molecular flexibility index (Phi) is 3.78. The van der Waals surface area contributed by atoms with Crippen LogP contribution in [-0.4, -0.2) is 19.6 Å². The van der Waals surface area contributed by atoms with Gasteiger partial charge in [0, 0.05) is 23.5 Å². The minimum absolute atomic E-state index is 0.172. The molecular formula is C16H23NO2Si. The maximum atomic E-state index is 10.7. The lowest BCUT2D eigenvalue weighted by molar-refractivity contribution is -0.107. The molecule has 0 aliphatic carbocycles. The first-order valence-corrected chi connectivity index (χ1v) is 9.88. The quantitative estimate of drug-likeness (QED) is 0.674. The topological polar surface area (TPSA) is 42.1 Å². The van der Waals surface area contributed by atoms with Gasteiger partial charge in [-0.1, -0.05) is 20.8 Å². The van der Waals surface area contributed by atoms with E-state index in [1.165, 1.54) is 0 Å². The molecule has 0 unspecified atom stereocenters. The van der Waals surface area contributed by atoms with Gasteiger partial charge in [-0.2, -0.15) is 0 Å². The second kappa shape index (κ2) is 5.09. The number of aromatic nitrogens is 1. The van der Waals surface area contributed by atoms with Crippen LogP contribution in [-0.2, 0) is 11.2 Å². The molecule has 0 radical (unpaired) electrons. The third kappa shape index (κ3) is 2.80. The van der Waals surface area contributed by atoms with E-state index in [2.05, 4.69) is 38.8 Å². The van der Waals surface area contributed by atoms with Crippen molar-refractivity contribution < 1.29 is 9.22 Å². The number of carbonyl (C=O) groups excluding carboxylic acids is 1. The maximum absolute atomic E-state index is 10.7. The molecule has 108 valence electrons. The molecule has 0 amide bonds. The van der Waals surface area contributed by atoms with Gasteiger partial charge in [0.25, 0.3) is 0 Å². The summed E-state index contributed by atoms with van der Waals surface area (Å²) in [5.74, 6) is 0.899. The first-order chi connectivity index (χ1) is 9.24. The number of benzene rings is 1. The van der Waals surface area contributed by atoms with E-state index < -0.39 is 8.32 Å². The lowest BCUT2D eigenvalue weighted by Crippen LogP contribution is -2.43. The van der Waals surface area contributed by atoms with E-state index in [1.54, 1.807) is 0 Å². The summed E-state index contributed by atoms with van der Waals surface area (Å²) < 4.78 is 6.31. The summed E-state index contributed by atoms with van der Waals surface area (Å²) in [6.07, 6.45) is 3.27. The molecule has 1 aromatic heterocycles. The lowest BCUT2D eigenvalue weighted by atomic mass is 10.1. The Morgan fingerprint density at radius 2 is 2.00 bits per heavy atom. The molecule has 0 bridgehead atoms. The average Bonchev–Trinajstić information content (AvgIpc) is 2.71. The molecule has 2 rings (SSSR count). The van der Waals surface area contributed by atoms with Gasteiger partial charge >= 0.3 is 0 Å². The zero-order chi connectivity index (χ0) is 15.0. The van der Waals surface area contributed by atoms with Gasteiger partial charge in [0.05, 0.1) is 0 Å². The van der Waals surface area contributed by atoms with Crippen molar-refractivity contribution in [1.82, 2.24) is 4.98 Å². The summed E-state index contributed by atoms with van der Waals surface area (Å²) in [5, 5.41) is 1.25. The Morgan fingerprint density at radius 1 is 1.30 bits per heavy atom. The fraction of sp³-hybridized carbons (Fsp3) is 0.438. The summed E-state index contributed by atoms with van der Waals surface area (Å²) in [5.41, 5.74) is 2.07. The summed E-state index contributed by atoms with van der Waals surface area (Å²) in [4.78, 5) is 13.9. The van der Waals surface area contributed by atoms with Gasteiger partial charge in [0.1, 0.15) is 12.0 Å². The van der Waals surface area contributed by atoms with E-state index in [1.807, 2.05) is 24.4 Å². The van der Waals surface area contributed by atoms with Gasteiger partial charge in [0.15, 0.2) is 0 Å². The number of nitrogens with one attached hydrogen (secondary N) is 1. The SMILES string of the molecule is CC(C)(C)[Si](C)(C)Oc1ccc2[nH]cc(CC=O)c2c1. The van der Waals surface area contributed by atoms with Crippen molar-refractivity contribution in [2.24, 2.45) is 0 Å². The molecule has 1 heterocycles. The Bertz CT molecular complexity index is 623. The minimum Gasteiger partial charge on any atom is -0.543 e. The smallest absolute Gasteiger partial charge is 0.250 e. The largest absolute Gasteiger partial charge is 0.543 e. The highest BCUT2D eigenvalue weighted by Crippen LogP contribution is 2.38. The van der Waals surface area contributed by atoms with Crippen molar-refractivity contribution >= 4 is 25.5 Å². The molecule has 0 spiro atoms. The van der Waals surface area contributed by atoms with E-state index in [9.17, 15) is 4.79 Å². The van der Waals surface area contributed by atoms with Crippen molar-refractivity contribution in [3.05, 3.63) is 30.0 Å². The standard InChI is InChI=1S/C16H23NO2Si/c1-16(2,3)20(4,5)19-13-6-7-15-14(10-13)12(8-9-18)11-17-15/h6-7,9-11,17H,8H2,1-5H3. The van der Waals surface area contributed by atoms with Crippen molar-refractivity contribution in [2.75, 3.05) is 0 Å². The predicted octanol–water partition coefficient (Wildman–Crippen LogP) is 4.29. The summed E-state index contributed by atoms with van der Waals surface area (Å²) in [7, 11) is -1.83. The van der Waals surface area contributed by atoms with Crippen LogP contribution >= 0.6 is 0 Å². The molecule has 0 saturated carbocycles. The fourth-order valence-corrected chi connectivity index (χ4v) is 2.95. The molecule has 20 heavy (non-hydrogen) atoms. The van der Waals surface area contributed by atoms with Crippen LogP contribution in [0.2, 0.25) is 18.1 Å². The third-order valence-corrected chi connectivity index (χ3v) is 8.58. The molecule has 0 fully saturated rings. The molecule has 1 N–H and O–H groups in total. The molecule has 0 aliphatic rings. The fourth-order valence-electron chi connectivity index (χ4n) is 1.93. The second-order valence-electron chi connectivity index (χ2n) is 6.75. The highest BCUT2D eigenvalue weighted by atomic mass is 28.4. The van der Waals surface area contributed by atoms with Gasteiger partial charge in [0.2, 0.25) is 8.32 Å². The van der Waals surface area contributed by atoms with Crippen LogP contribution in [0, 0.1) is 0 Å². The summed E-state index contributed by atoms with van der Waals surface area (Å²) >= 11 is 0. The summed E-state index contributed by atoms with van der Waals surface area (Å²) in [6.45, 7) is 11.2. The maximum Gasteiger partial charge on any atom is 0.250 e. The van der Waals surface area contributed by atoms with Crippen LogP contribution < -0.4 is 4.43 Å². The number of rotatable bonds is 4. The molecule has 0 atom stereocenters. The highest BCUT2D eigenvalue weighted by molar-refractivity contribution is 6.74. The van der Waals surface area contributed by atoms with Gasteiger partial charge in [-0.25, -0.2) is 0 Å². The van der Waals surface area contributed by atoms with Crippen molar-refractivity contribution in [1.29, 1.82) is 0 Å². The number of carbonyl (C=O) groups is 1. The number of hydrogen-bond donors (Lipinski definition) is 1. The van der Waals surface area contributed by atoms with Crippen LogP contribution in [0.5, 0.6) is 5.75 Å². The van der Waals surface area contributed by atoms with Crippen LogP contribution in [0.25, 0.3) is 10.9 Å². The third-order valence-electron chi connectivity index (χ3n) is 4.22. The Hall–Kier alpha value is -1.55. The van der Waals surface area contributed by atoms with Crippen molar-refractivity contribution in [3.63, 3.8) is 0 Å². The second-order valence-corrected chi connectivity index (χ2v) is 11.5. The van der Waals surface area contributed by atoms with E-state index >= 15 is 0 Å². The Morgan fingerprint density at radius 3 is 2.60 bits per heavy atom. The highest BCUT2D eigenvalue weighted by Gasteiger charge is 2.38. The Labute approximate surface area is 121 Å². The number of aromatic amines is 1. The molecule has 0 aliphatic heterocycles. The van der Waals surface area contributed by atoms with Crippen LogP contribution in [0.1, 0.15) is 26.3 Å².